The number of carbonyl (C=O) groups excluding carboxylic acids is 20. The number of nitrogens with one attached hydrogen (secondary N) is 21. The molecule has 1 aromatic rings. The van der Waals surface area contributed by atoms with Crippen molar-refractivity contribution >= 4 is 193 Å². The molecule has 0 spiro atoms. The molecule has 774 valence electrons. The van der Waals surface area contributed by atoms with Crippen LogP contribution in [0.4, 0.5) is 0 Å². The van der Waals surface area contributed by atoms with Crippen LogP contribution in [0.2, 0.25) is 0 Å². The second-order valence-electron chi connectivity index (χ2n) is 32.8. The number of aromatic amines is 1. The highest BCUT2D eigenvalue weighted by Crippen LogP contribution is 2.21. The summed E-state index contributed by atoms with van der Waals surface area (Å²) in [6.07, 6.45) is -3.64. The topological polar surface area (TPSA) is 915 Å². The van der Waals surface area contributed by atoms with Crippen molar-refractivity contribution in [2.45, 2.75) is 272 Å². The average Bonchev–Trinajstić information content (AvgIpc) is 1.57. The van der Waals surface area contributed by atoms with Crippen molar-refractivity contribution < 1.29 is 121 Å². The van der Waals surface area contributed by atoms with Gasteiger partial charge >= 0.3 is 11.9 Å². The molecule has 1 aliphatic rings. The van der Waals surface area contributed by atoms with Gasteiger partial charge in [-0.2, -0.15) is 50.5 Å². The maximum absolute atomic E-state index is 14.5. The minimum atomic E-state index is -1.95. The largest absolute Gasteiger partial charge is 0.481 e. The molecule has 19 atom stereocenters. The minimum Gasteiger partial charge on any atom is -0.481 e. The van der Waals surface area contributed by atoms with Crippen LogP contribution < -0.4 is 136 Å². The lowest BCUT2D eigenvalue weighted by Gasteiger charge is -2.30. The molecule has 138 heavy (non-hydrogen) atoms. The van der Waals surface area contributed by atoms with Crippen LogP contribution in [0.1, 0.15) is 156 Å². The van der Waals surface area contributed by atoms with E-state index in [0.29, 0.717) is 6.42 Å². The van der Waals surface area contributed by atoms with E-state index in [9.17, 15) is 121 Å². The number of aliphatic hydroxyl groups excluding tert-OH is 1. The molecular weight excluding hydrogens is 1900 g/mol. The first-order valence-electron chi connectivity index (χ1n) is 44.0. The number of carboxylic acid groups (broad SMARTS) is 2. The number of guanidine groups is 2. The molecule has 20 amide bonds. The molecule has 0 bridgehead atoms. The Labute approximate surface area is 816 Å². The van der Waals surface area contributed by atoms with E-state index in [4.69, 9.17) is 51.0 Å². The number of hydrogen-bond donors (Lipinski definition) is 35. The number of aliphatic hydroxyl groups is 1. The number of imidazole rings is 1. The molecule has 0 aromatic carbocycles. The number of primary amides is 3. The number of unbranched alkanes of at least 4 members (excludes halogenated alkanes) is 1. The van der Waals surface area contributed by atoms with Crippen molar-refractivity contribution in [2.75, 3.05) is 49.2 Å². The highest BCUT2D eigenvalue weighted by molar-refractivity contribution is 7.80. The fraction of sp³-hybridized carbons (Fsp3) is 0.658. The molecule has 59 heteroatoms. The van der Waals surface area contributed by atoms with E-state index in [2.05, 4.69) is 156 Å². The predicted molar refractivity (Wildman–Crippen MR) is 506 cm³/mol. The second kappa shape index (κ2) is 63.0. The summed E-state index contributed by atoms with van der Waals surface area (Å²) in [4.78, 5) is 305. The fourth-order valence-corrected chi connectivity index (χ4v) is 14.2. The first-order valence-corrected chi connectivity index (χ1v) is 46.5. The molecule has 55 nitrogen and oxygen atoms in total. The summed E-state index contributed by atoms with van der Waals surface area (Å²) < 4.78 is 0. The molecular formula is C79H134N30O25S4. The highest BCUT2D eigenvalue weighted by Gasteiger charge is 2.43. The number of hydrogen-bond acceptors (Lipinski definition) is 32. The van der Waals surface area contributed by atoms with Crippen LogP contribution in [-0.4, -0.2) is 336 Å². The third kappa shape index (κ3) is 45.1. The van der Waals surface area contributed by atoms with Crippen LogP contribution in [0.25, 0.3) is 0 Å². The molecule has 0 unspecified atom stereocenters. The number of amides is 20. The summed E-state index contributed by atoms with van der Waals surface area (Å²) in [5, 5.41) is 89.2. The number of aliphatic carboxylic acids is 2. The molecule has 1 aliphatic heterocycles. The van der Waals surface area contributed by atoms with Crippen molar-refractivity contribution in [2.24, 2.45) is 46.1 Å². The lowest BCUT2D eigenvalue weighted by molar-refractivity contribution is -0.143. The number of carboxylic acids is 2. The van der Waals surface area contributed by atoms with Gasteiger partial charge in [0.25, 0.3) is 0 Å². The van der Waals surface area contributed by atoms with Crippen LogP contribution in [-0.2, 0) is 112 Å². The van der Waals surface area contributed by atoms with E-state index in [1.807, 2.05) is 0 Å². The zero-order valence-electron chi connectivity index (χ0n) is 77.1. The summed E-state index contributed by atoms with van der Waals surface area (Å²) in [5.41, 5.74) is 38.6. The Morgan fingerprint density at radius 1 is 0.435 bits per heavy atom. The van der Waals surface area contributed by atoms with Gasteiger partial charge in [-0.25, -0.2) is 9.78 Å². The molecule has 1 saturated heterocycles. The lowest BCUT2D eigenvalue weighted by atomic mass is 10.0. The lowest BCUT2D eigenvalue weighted by Crippen LogP contribution is -2.61. The molecule has 0 aliphatic carbocycles. The van der Waals surface area contributed by atoms with Crippen molar-refractivity contribution in [3.63, 3.8) is 0 Å². The van der Waals surface area contributed by atoms with Crippen molar-refractivity contribution in [3.05, 3.63) is 18.2 Å². The molecule has 2 rings (SSSR count). The van der Waals surface area contributed by atoms with Gasteiger partial charge in [-0.1, -0.05) is 13.8 Å². The van der Waals surface area contributed by atoms with Gasteiger partial charge in [0.05, 0.1) is 30.6 Å². The first-order chi connectivity index (χ1) is 64.8. The van der Waals surface area contributed by atoms with Gasteiger partial charge in [0.2, 0.25) is 118 Å². The maximum atomic E-state index is 14.5. The molecule has 0 saturated carbocycles. The van der Waals surface area contributed by atoms with Crippen molar-refractivity contribution in [1.29, 1.82) is 10.8 Å². The smallest absolute Gasteiger partial charge is 0.326 e. The van der Waals surface area contributed by atoms with E-state index < -0.39 is 313 Å². The molecule has 38 N–H and O–H groups in total. The molecule has 1 aromatic heterocycles. The Morgan fingerprint density at radius 2 is 0.804 bits per heavy atom. The Kier molecular flexibility index (Phi) is 55.4. The quantitative estimate of drug-likeness (QED) is 0.0125. The average molecular weight is 2030 g/mol. The summed E-state index contributed by atoms with van der Waals surface area (Å²) >= 11 is 16.6. The molecule has 1 fully saturated rings. The van der Waals surface area contributed by atoms with E-state index in [-0.39, 0.29) is 114 Å². The second-order valence-corrected chi connectivity index (χ2v) is 34.2. The Balaban J connectivity index is 2.36. The summed E-state index contributed by atoms with van der Waals surface area (Å²) in [7, 11) is 0. The Bertz CT molecular complexity index is 4390. The third-order valence-electron chi connectivity index (χ3n) is 20.8. The monoisotopic (exact) mass is 2030 g/mol. The van der Waals surface area contributed by atoms with Gasteiger partial charge in [0, 0.05) is 74.5 Å². The number of H-pyrrole nitrogens is 1. The Hall–Kier alpha value is -12.6. The summed E-state index contributed by atoms with van der Waals surface area (Å²) in [6, 6.07) is -28.3. The number of thiol groups is 4. The fourth-order valence-electron chi connectivity index (χ4n) is 13.2. The van der Waals surface area contributed by atoms with Gasteiger partial charge in [-0.15, -0.1) is 0 Å². The standard InChI is InChI=1S/C79H134N30O25S4/c1-35(2)26-48(102-61(117)37(4)94-75(131)59(39(6)110)108-68(124)47(18-21-58(114)115)101-74(130)54-15-11-25-109(54)76(132)38(5)95-63(119)42(12-7-8-22-80)98-72(128)53(33-138)107-70(126)49(28-57(84)113)103-62(118)41(81)30-135)69(125)106-51(31-136)71(127)93-36(3)60(116)96-43(13-9-23-90-78(85)86)64(120)97-44(14-10-24-91-79(87)88)65(121)105-52(32-137)73(129)100-45(16-19-55(82)111)66(122)99-46(17-20-56(83)112)67(123)104-50(77(133)134)27-40-29-89-34-92-40/h29,34-39,41-54,59,110,135-138H,7-28,30-33,80-81H2,1-6H3,(H2,82,111)(H2,83,112)(H2,84,113)(H,89,92)(H,93,127)(H,94,131)(H,95,119)(H,96,116)(H,97,120)(H,98,128)(H,99,122)(H,100,129)(H,101,130)(H,102,117)(H,103,118)(H,104,123)(H,105,121)(H,106,125)(H,107,126)(H,108,124)(H,114,115)(H,133,134)(H4,85,86,90)(H4,87,88,91)/t36-,37-,38-,39+,41-,42-,43-,44-,45-,46-,47-,48-,49-,50-,51-,52-,53-,54-,59-/m0/s1. The van der Waals surface area contributed by atoms with E-state index in [0.717, 1.165) is 18.7 Å². The maximum Gasteiger partial charge on any atom is 0.326 e. The van der Waals surface area contributed by atoms with Crippen molar-refractivity contribution in [1.82, 2.24) is 111 Å². The van der Waals surface area contributed by atoms with E-state index >= 15 is 0 Å². The number of aromatic nitrogens is 2. The minimum absolute atomic E-state index is 0.0120. The number of nitrogens with zero attached hydrogens (tertiary/aromatic N) is 2. The number of nitrogens with two attached hydrogens (primary N) is 7. The van der Waals surface area contributed by atoms with Crippen LogP contribution in [0.15, 0.2) is 12.5 Å². The van der Waals surface area contributed by atoms with Crippen LogP contribution in [0, 0.1) is 16.7 Å². The van der Waals surface area contributed by atoms with Crippen LogP contribution >= 0.6 is 50.5 Å². The zero-order chi connectivity index (χ0) is 104. The Morgan fingerprint density at radius 3 is 1.21 bits per heavy atom. The van der Waals surface area contributed by atoms with Crippen LogP contribution in [0.5, 0.6) is 0 Å². The molecule has 0 radical (unpaired) electrons. The predicted octanol–water partition coefficient (Wildman–Crippen LogP) is -12.8. The van der Waals surface area contributed by atoms with Gasteiger partial charge in [-0.3, -0.25) is 112 Å². The van der Waals surface area contributed by atoms with Crippen molar-refractivity contribution in [3.8, 4) is 0 Å². The summed E-state index contributed by atoms with van der Waals surface area (Å²) in [5.74, 6) is -26.3. The van der Waals surface area contributed by atoms with E-state index in [1.165, 1.54) is 26.4 Å². The number of rotatable bonds is 66. The van der Waals surface area contributed by atoms with Gasteiger partial charge in [0.15, 0.2) is 11.9 Å². The number of carbonyl (C=O) groups is 22. The van der Waals surface area contributed by atoms with Gasteiger partial charge in [-0.05, 0) is 124 Å². The first kappa shape index (κ1) is 121. The molecule has 2 heterocycles. The summed E-state index contributed by atoms with van der Waals surface area (Å²) in [6.45, 7) is 7.99. The van der Waals surface area contributed by atoms with Gasteiger partial charge in [0.1, 0.15) is 103 Å². The third-order valence-corrected chi connectivity index (χ3v) is 22.3. The van der Waals surface area contributed by atoms with Crippen LogP contribution in [0.3, 0.4) is 0 Å². The SMILES string of the molecule is CC(C)C[C@H](NC(=O)[C@H](C)NC(=O)[C@@H](NC(=O)[C@H](CCC(=O)O)NC(=O)[C@@H]1CCCN1C(=O)[C@H](C)NC(=O)[C@H](CCCCN)NC(=O)[C@H](CS)NC(=O)[C@H](CC(N)=O)NC(=O)[C@@H](N)CS)[C@@H](C)O)C(=O)N[C@@H](CS)C(=O)N[C@@H](C)C(=O)N[C@@H](CCCNC(=N)N)C(=O)N[C@@H](CCCNC(=N)N)C(=O)N[C@@H](CS)C(=O)N[C@@H](CCC(N)=O)C(=O)N[C@@H](CCC(N)=O)C(=O)N[C@@H](Cc1c[nH]cn1)C(=O)O. The highest BCUT2D eigenvalue weighted by atomic mass is 32.1. The van der Waals surface area contributed by atoms with E-state index in [1.54, 1.807) is 13.8 Å². The zero-order valence-corrected chi connectivity index (χ0v) is 80.7. The number of likely N-dealkylation sites (tertiary alicyclic amines) is 1. The normalized spacial score (nSPS) is 16.1. The van der Waals surface area contributed by atoms with Gasteiger partial charge < -0.3 is 161 Å².